The summed E-state index contributed by atoms with van der Waals surface area (Å²) in [5.74, 6) is 2.02. The van der Waals surface area contributed by atoms with E-state index in [-0.39, 0.29) is 0 Å². The summed E-state index contributed by atoms with van der Waals surface area (Å²) >= 11 is 0. The summed E-state index contributed by atoms with van der Waals surface area (Å²) in [6.45, 7) is 7.50. The zero-order valence-electron chi connectivity index (χ0n) is 11.8. The first-order chi connectivity index (χ1) is 9.36. The van der Waals surface area contributed by atoms with Gasteiger partial charge in [0.15, 0.2) is 0 Å². The highest BCUT2D eigenvalue weighted by molar-refractivity contribution is 5.61. The second kappa shape index (κ2) is 5.83. The number of benzene rings is 1. The Labute approximate surface area is 115 Å². The molecule has 1 N–H and O–H groups in total. The van der Waals surface area contributed by atoms with Crippen molar-refractivity contribution in [1.82, 2.24) is 4.90 Å². The molecule has 2 aliphatic heterocycles. The Morgan fingerprint density at radius 3 is 2.95 bits per heavy atom. The molecule has 2 heterocycles. The Kier molecular flexibility index (Phi) is 3.92. The fourth-order valence-corrected chi connectivity index (χ4v) is 3.15. The van der Waals surface area contributed by atoms with Gasteiger partial charge in [0.1, 0.15) is 12.4 Å². The molecule has 3 nitrogen and oxygen atoms in total. The van der Waals surface area contributed by atoms with E-state index in [1.54, 1.807) is 0 Å². The Balaban J connectivity index is 1.67. The second-order valence-electron chi connectivity index (χ2n) is 5.70. The maximum Gasteiger partial charge on any atom is 0.146 e. The molecule has 0 atom stereocenters. The summed E-state index contributed by atoms with van der Waals surface area (Å²) in [5.41, 5.74) is 2.49. The van der Waals surface area contributed by atoms with Gasteiger partial charge in [0.05, 0.1) is 5.69 Å². The van der Waals surface area contributed by atoms with Crippen molar-refractivity contribution < 1.29 is 4.74 Å². The van der Waals surface area contributed by atoms with Crippen molar-refractivity contribution >= 4 is 5.69 Å². The van der Waals surface area contributed by atoms with Crippen LogP contribution in [0.1, 0.15) is 31.7 Å². The highest BCUT2D eigenvalue weighted by Gasteiger charge is 2.20. The summed E-state index contributed by atoms with van der Waals surface area (Å²) in [4.78, 5) is 2.57. The molecule has 0 unspecified atom stereocenters. The quantitative estimate of drug-likeness (QED) is 0.903. The molecule has 0 saturated carbocycles. The minimum absolute atomic E-state index is 0.780. The Hall–Kier alpha value is -1.22. The zero-order chi connectivity index (χ0) is 13.1. The molecule has 0 aromatic heterocycles. The fourth-order valence-electron chi connectivity index (χ4n) is 3.15. The number of likely N-dealkylation sites (tertiary alicyclic amines) is 1. The van der Waals surface area contributed by atoms with E-state index < -0.39 is 0 Å². The summed E-state index contributed by atoms with van der Waals surface area (Å²) in [5, 5.41) is 3.41. The Morgan fingerprint density at radius 1 is 1.32 bits per heavy atom. The molecule has 1 aromatic rings. The largest absolute Gasteiger partial charge is 0.489 e. The molecule has 104 valence electrons. The van der Waals surface area contributed by atoms with E-state index in [4.69, 9.17) is 4.74 Å². The van der Waals surface area contributed by atoms with E-state index in [0.29, 0.717) is 0 Å². The number of fused-ring (bicyclic) bond motifs is 1. The van der Waals surface area contributed by atoms with Crippen molar-refractivity contribution in [3.8, 4) is 5.75 Å². The predicted octanol–water partition coefficient (Wildman–Crippen LogP) is 3.11. The molecule has 0 bridgehead atoms. The normalized spacial score (nSPS) is 20.5. The van der Waals surface area contributed by atoms with Crippen LogP contribution >= 0.6 is 0 Å². The molecule has 3 heteroatoms. The zero-order valence-corrected chi connectivity index (χ0v) is 11.8. The van der Waals surface area contributed by atoms with Gasteiger partial charge in [0, 0.05) is 18.7 Å². The van der Waals surface area contributed by atoms with Crippen LogP contribution in [0.4, 0.5) is 5.69 Å². The van der Waals surface area contributed by atoms with E-state index >= 15 is 0 Å². The summed E-state index contributed by atoms with van der Waals surface area (Å²) < 4.78 is 5.85. The Bertz CT molecular complexity index is 425. The first-order valence-electron chi connectivity index (χ1n) is 7.57. The lowest BCUT2D eigenvalue weighted by Gasteiger charge is -2.32. The standard InChI is InChI=1S/C16H24N2O/c1-2-13-6-9-18(10-7-13)12-14-4-3-5-15-16(14)19-11-8-17-15/h3-5,13,17H,2,6-12H2,1H3. The molecule has 1 fully saturated rings. The topological polar surface area (TPSA) is 24.5 Å². The number of para-hydroxylation sites is 1. The van der Waals surface area contributed by atoms with Crippen LogP contribution in [-0.4, -0.2) is 31.1 Å². The summed E-state index contributed by atoms with van der Waals surface area (Å²) in [6, 6.07) is 6.45. The molecule has 3 rings (SSSR count). The second-order valence-corrected chi connectivity index (χ2v) is 5.70. The van der Waals surface area contributed by atoms with Gasteiger partial charge in [-0.25, -0.2) is 0 Å². The number of anilines is 1. The fraction of sp³-hybridized carbons (Fsp3) is 0.625. The SMILES string of the molecule is CCC1CCN(Cc2cccc3c2OCCN3)CC1. The number of ether oxygens (including phenoxy) is 1. The van der Waals surface area contributed by atoms with Gasteiger partial charge in [-0.05, 0) is 37.9 Å². The minimum Gasteiger partial charge on any atom is -0.489 e. The van der Waals surface area contributed by atoms with Crippen LogP contribution in [-0.2, 0) is 6.54 Å². The molecule has 0 radical (unpaired) electrons. The highest BCUT2D eigenvalue weighted by atomic mass is 16.5. The van der Waals surface area contributed by atoms with Gasteiger partial charge in [0.2, 0.25) is 0 Å². The van der Waals surface area contributed by atoms with Crippen molar-refractivity contribution in [1.29, 1.82) is 0 Å². The minimum atomic E-state index is 0.780. The van der Waals surface area contributed by atoms with Gasteiger partial charge < -0.3 is 10.1 Å². The van der Waals surface area contributed by atoms with Crippen molar-refractivity contribution in [2.24, 2.45) is 5.92 Å². The number of hydrogen-bond acceptors (Lipinski definition) is 3. The van der Waals surface area contributed by atoms with Crippen LogP contribution < -0.4 is 10.1 Å². The molecule has 1 aromatic carbocycles. The lowest BCUT2D eigenvalue weighted by Crippen LogP contribution is -2.33. The van der Waals surface area contributed by atoms with Crippen LogP contribution in [0, 0.1) is 5.92 Å². The van der Waals surface area contributed by atoms with E-state index in [9.17, 15) is 0 Å². The highest BCUT2D eigenvalue weighted by Crippen LogP contribution is 2.32. The lowest BCUT2D eigenvalue weighted by atomic mass is 9.94. The number of piperidine rings is 1. The van der Waals surface area contributed by atoms with Crippen LogP contribution in [0.3, 0.4) is 0 Å². The smallest absolute Gasteiger partial charge is 0.146 e. The van der Waals surface area contributed by atoms with Gasteiger partial charge >= 0.3 is 0 Å². The number of hydrogen-bond donors (Lipinski definition) is 1. The van der Waals surface area contributed by atoms with Crippen molar-refractivity contribution in [2.45, 2.75) is 32.7 Å². The van der Waals surface area contributed by atoms with E-state index in [1.165, 1.54) is 37.9 Å². The van der Waals surface area contributed by atoms with Gasteiger partial charge in [-0.2, -0.15) is 0 Å². The van der Waals surface area contributed by atoms with E-state index in [0.717, 1.165) is 37.1 Å². The van der Waals surface area contributed by atoms with Crippen LogP contribution in [0.2, 0.25) is 0 Å². The van der Waals surface area contributed by atoms with Crippen LogP contribution in [0.5, 0.6) is 5.75 Å². The Morgan fingerprint density at radius 2 is 2.16 bits per heavy atom. The molecular weight excluding hydrogens is 236 g/mol. The third kappa shape index (κ3) is 2.86. The molecule has 0 amide bonds. The van der Waals surface area contributed by atoms with Crippen LogP contribution in [0.25, 0.3) is 0 Å². The van der Waals surface area contributed by atoms with Crippen molar-refractivity contribution in [2.75, 3.05) is 31.6 Å². The molecule has 0 aliphatic carbocycles. The number of rotatable bonds is 3. The molecule has 1 saturated heterocycles. The van der Waals surface area contributed by atoms with E-state index in [2.05, 4.69) is 35.3 Å². The maximum absolute atomic E-state index is 5.85. The molecule has 2 aliphatic rings. The number of nitrogens with one attached hydrogen (secondary N) is 1. The maximum atomic E-state index is 5.85. The van der Waals surface area contributed by atoms with Crippen molar-refractivity contribution in [3.05, 3.63) is 23.8 Å². The van der Waals surface area contributed by atoms with E-state index in [1.807, 2.05) is 0 Å². The molecule has 19 heavy (non-hydrogen) atoms. The monoisotopic (exact) mass is 260 g/mol. The molecular formula is C16H24N2O. The van der Waals surface area contributed by atoms with Gasteiger partial charge in [-0.15, -0.1) is 0 Å². The first-order valence-corrected chi connectivity index (χ1v) is 7.57. The van der Waals surface area contributed by atoms with Crippen LogP contribution in [0.15, 0.2) is 18.2 Å². The predicted molar refractivity (Wildman–Crippen MR) is 78.7 cm³/mol. The average Bonchev–Trinajstić information content (AvgIpc) is 2.48. The van der Waals surface area contributed by atoms with Gasteiger partial charge in [0.25, 0.3) is 0 Å². The molecule has 0 spiro atoms. The summed E-state index contributed by atoms with van der Waals surface area (Å²) in [7, 11) is 0. The van der Waals surface area contributed by atoms with Gasteiger partial charge in [-0.1, -0.05) is 25.5 Å². The number of nitrogens with zero attached hydrogens (tertiary/aromatic N) is 1. The lowest BCUT2D eigenvalue weighted by molar-refractivity contribution is 0.172. The van der Waals surface area contributed by atoms with Gasteiger partial charge in [-0.3, -0.25) is 4.90 Å². The summed E-state index contributed by atoms with van der Waals surface area (Å²) in [6.07, 6.45) is 4.04. The van der Waals surface area contributed by atoms with Crippen molar-refractivity contribution in [3.63, 3.8) is 0 Å². The first kappa shape index (κ1) is 12.8. The third-order valence-electron chi connectivity index (χ3n) is 4.44. The average molecular weight is 260 g/mol. The third-order valence-corrected chi connectivity index (χ3v) is 4.44.